The molecule has 1 fully saturated rings. The van der Waals surface area contributed by atoms with Gasteiger partial charge in [0.2, 0.25) is 0 Å². The molecule has 1 heterocycles. The van der Waals surface area contributed by atoms with E-state index in [-0.39, 0.29) is 0 Å². The number of nitrogens with zero attached hydrogens (tertiary/aromatic N) is 1. The van der Waals surface area contributed by atoms with Gasteiger partial charge in [-0.25, -0.2) is 0 Å². The number of aryl methyl sites for hydroxylation is 1. The zero-order valence-electron chi connectivity index (χ0n) is 10.9. The van der Waals surface area contributed by atoms with Gasteiger partial charge in [0.05, 0.1) is 0 Å². The van der Waals surface area contributed by atoms with Crippen LogP contribution in [0.5, 0.6) is 0 Å². The van der Waals surface area contributed by atoms with Crippen molar-refractivity contribution in [1.82, 2.24) is 10.2 Å². The Bertz CT molecular complexity index is 390. The molecular weight excluding hydrogens is 208 g/mol. The Morgan fingerprint density at radius 1 is 1.29 bits per heavy atom. The van der Waals surface area contributed by atoms with Crippen LogP contribution in [0.25, 0.3) is 5.57 Å². The third-order valence-corrected chi connectivity index (χ3v) is 3.44. The van der Waals surface area contributed by atoms with E-state index in [9.17, 15) is 0 Å². The molecule has 0 amide bonds. The Hall–Kier alpha value is -1.12. The first-order valence-corrected chi connectivity index (χ1v) is 6.43. The average molecular weight is 230 g/mol. The topological polar surface area (TPSA) is 15.3 Å². The maximum atomic E-state index is 3.38. The summed E-state index contributed by atoms with van der Waals surface area (Å²) in [5.74, 6) is 0. The molecular formula is C15H22N2. The molecule has 1 aromatic carbocycles. The van der Waals surface area contributed by atoms with Gasteiger partial charge in [0.25, 0.3) is 0 Å². The third kappa shape index (κ3) is 3.42. The lowest BCUT2D eigenvalue weighted by atomic mass is 10.0. The lowest BCUT2D eigenvalue weighted by molar-refractivity contribution is 0.265. The highest BCUT2D eigenvalue weighted by Crippen LogP contribution is 2.17. The van der Waals surface area contributed by atoms with Gasteiger partial charge in [0.15, 0.2) is 0 Å². The fourth-order valence-corrected chi connectivity index (χ4v) is 2.29. The highest BCUT2D eigenvalue weighted by Gasteiger charge is 2.07. The maximum Gasteiger partial charge on any atom is 0.0170 e. The fourth-order valence-electron chi connectivity index (χ4n) is 2.29. The van der Waals surface area contributed by atoms with Gasteiger partial charge in [-0.05, 0) is 30.5 Å². The summed E-state index contributed by atoms with van der Waals surface area (Å²) in [5.41, 5.74) is 4.13. The highest BCUT2D eigenvalue weighted by atomic mass is 15.2. The van der Waals surface area contributed by atoms with Crippen molar-refractivity contribution in [2.45, 2.75) is 13.8 Å². The van der Waals surface area contributed by atoms with E-state index in [0.717, 1.165) is 32.7 Å². The van der Waals surface area contributed by atoms with Gasteiger partial charge in [-0.1, -0.05) is 30.3 Å². The van der Waals surface area contributed by atoms with Crippen molar-refractivity contribution in [3.05, 3.63) is 41.5 Å². The van der Waals surface area contributed by atoms with E-state index in [4.69, 9.17) is 0 Å². The van der Waals surface area contributed by atoms with Gasteiger partial charge in [-0.2, -0.15) is 0 Å². The molecule has 0 atom stereocenters. The van der Waals surface area contributed by atoms with E-state index in [0.29, 0.717) is 0 Å². The van der Waals surface area contributed by atoms with E-state index < -0.39 is 0 Å². The van der Waals surface area contributed by atoms with Crippen LogP contribution in [-0.2, 0) is 0 Å². The molecule has 2 nitrogen and oxygen atoms in total. The molecule has 17 heavy (non-hydrogen) atoms. The summed E-state index contributed by atoms with van der Waals surface area (Å²) in [7, 11) is 0. The van der Waals surface area contributed by atoms with Crippen LogP contribution in [-0.4, -0.2) is 37.6 Å². The summed E-state index contributed by atoms with van der Waals surface area (Å²) in [6.45, 7) is 10.0. The molecule has 0 spiro atoms. The zero-order chi connectivity index (χ0) is 12.1. The largest absolute Gasteiger partial charge is 0.314 e. The van der Waals surface area contributed by atoms with Crippen molar-refractivity contribution >= 4 is 5.57 Å². The number of piperazine rings is 1. The third-order valence-electron chi connectivity index (χ3n) is 3.44. The van der Waals surface area contributed by atoms with Crippen LogP contribution in [0, 0.1) is 6.92 Å². The smallest absolute Gasteiger partial charge is 0.0170 e. The minimum Gasteiger partial charge on any atom is -0.314 e. The molecule has 0 aromatic heterocycles. The number of rotatable bonds is 3. The Balaban J connectivity index is 1.99. The predicted octanol–water partition coefficient (Wildman–Crippen LogP) is 2.30. The van der Waals surface area contributed by atoms with Crippen molar-refractivity contribution in [2.24, 2.45) is 0 Å². The summed E-state index contributed by atoms with van der Waals surface area (Å²) >= 11 is 0. The number of nitrogens with one attached hydrogen (secondary N) is 1. The predicted molar refractivity (Wildman–Crippen MR) is 74.1 cm³/mol. The normalized spacial score (nSPS) is 18.4. The Morgan fingerprint density at radius 3 is 2.71 bits per heavy atom. The molecule has 1 aliphatic heterocycles. The minimum atomic E-state index is 1.07. The zero-order valence-corrected chi connectivity index (χ0v) is 10.9. The lowest BCUT2D eigenvalue weighted by Gasteiger charge is -2.26. The molecule has 0 saturated carbocycles. The molecule has 0 unspecified atom stereocenters. The molecule has 2 heteroatoms. The van der Waals surface area contributed by atoms with Crippen LogP contribution in [0.15, 0.2) is 30.3 Å². The molecule has 0 radical (unpaired) electrons. The standard InChI is InChI=1S/C15H22N2/c1-13-5-3-4-6-15(13)14(2)7-10-17-11-8-16-9-12-17/h3-7,16H,8-12H2,1-2H3/b14-7+. The van der Waals surface area contributed by atoms with Crippen LogP contribution < -0.4 is 5.32 Å². The van der Waals surface area contributed by atoms with Crippen molar-refractivity contribution in [3.8, 4) is 0 Å². The number of hydrogen-bond acceptors (Lipinski definition) is 2. The van der Waals surface area contributed by atoms with Gasteiger partial charge < -0.3 is 5.32 Å². The molecule has 92 valence electrons. The molecule has 0 aliphatic carbocycles. The number of allylic oxidation sites excluding steroid dienone is 1. The Labute approximate surface area is 104 Å². The summed E-state index contributed by atoms with van der Waals surface area (Å²) in [6.07, 6.45) is 2.35. The fraction of sp³-hybridized carbons (Fsp3) is 0.467. The first kappa shape index (κ1) is 12.3. The van der Waals surface area contributed by atoms with Crippen molar-refractivity contribution in [1.29, 1.82) is 0 Å². The average Bonchev–Trinajstić information content (AvgIpc) is 2.38. The van der Waals surface area contributed by atoms with Crippen LogP contribution in [0.4, 0.5) is 0 Å². The summed E-state index contributed by atoms with van der Waals surface area (Å²) < 4.78 is 0. The van der Waals surface area contributed by atoms with Crippen molar-refractivity contribution < 1.29 is 0 Å². The summed E-state index contributed by atoms with van der Waals surface area (Å²) in [5, 5.41) is 3.38. The summed E-state index contributed by atoms with van der Waals surface area (Å²) in [6, 6.07) is 8.60. The number of benzene rings is 1. The van der Waals surface area contributed by atoms with E-state index in [1.807, 2.05) is 0 Å². The maximum absolute atomic E-state index is 3.38. The molecule has 2 rings (SSSR count). The molecule has 0 bridgehead atoms. The second-order valence-electron chi connectivity index (χ2n) is 4.75. The second-order valence-corrected chi connectivity index (χ2v) is 4.75. The Kier molecular flexibility index (Phi) is 4.35. The molecule has 1 saturated heterocycles. The van der Waals surface area contributed by atoms with Crippen LogP contribution in [0.3, 0.4) is 0 Å². The lowest BCUT2D eigenvalue weighted by Crippen LogP contribution is -2.43. The van der Waals surface area contributed by atoms with Gasteiger partial charge >= 0.3 is 0 Å². The van der Waals surface area contributed by atoms with E-state index in [2.05, 4.69) is 54.4 Å². The van der Waals surface area contributed by atoms with Gasteiger partial charge in [0, 0.05) is 32.7 Å². The van der Waals surface area contributed by atoms with Crippen LogP contribution >= 0.6 is 0 Å². The first-order chi connectivity index (χ1) is 8.27. The van der Waals surface area contributed by atoms with E-state index >= 15 is 0 Å². The molecule has 1 N–H and O–H groups in total. The van der Waals surface area contributed by atoms with Gasteiger partial charge in [-0.15, -0.1) is 0 Å². The quantitative estimate of drug-likeness (QED) is 0.857. The Morgan fingerprint density at radius 2 is 2.00 bits per heavy atom. The molecule has 1 aromatic rings. The minimum absolute atomic E-state index is 1.07. The SMILES string of the molecule is C/C(=C\CN1CCNCC1)c1ccccc1C. The van der Waals surface area contributed by atoms with Crippen LogP contribution in [0.1, 0.15) is 18.1 Å². The van der Waals surface area contributed by atoms with E-state index in [1.54, 1.807) is 0 Å². The monoisotopic (exact) mass is 230 g/mol. The van der Waals surface area contributed by atoms with Gasteiger partial charge in [-0.3, -0.25) is 4.90 Å². The van der Waals surface area contributed by atoms with Crippen molar-refractivity contribution in [3.63, 3.8) is 0 Å². The van der Waals surface area contributed by atoms with E-state index in [1.165, 1.54) is 16.7 Å². The van der Waals surface area contributed by atoms with Gasteiger partial charge in [0.1, 0.15) is 0 Å². The second kappa shape index (κ2) is 5.99. The highest BCUT2D eigenvalue weighted by molar-refractivity contribution is 5.66. The van der Waals surface area contributed by atoms with Crippen molar-refractivity contribution in [2.75, 3.05) is 32.7 Å². The number of hydrogen-bond donors (Lipinski definition) is 1. The first-order valence-electron chi connectivity index (χ1n) is 6.43. The van der Waals surface area contributed by atoms with Crippen LogP contribution in [0.2, 0.25) is 0 Å². The molecule has 1 aliphatic rings. The summed E-state index contributed by atoms with van der Waals surface area (Å²) in [4.78, 5) is 2.50.